The Morgan fingerprint density at radius 1 is 1.12 bits per heavy atom. The topological polar surface area (TPSA) is 48.7 Å². The molecule has 0 aliphatic carbocycles. The van der Waals surface area contributed by atoms with Gasteiger partial charge in [0.25, 0.3) is 5.72 Å². The summed E-state index contributed by atoms with van der Waals surface area (Å²) in [6, 6.07) is 6.15. The van der Waals surface area contributed by atoms with Crippen LogP contribution in [0.1, 0.15) is 6.42 Å². The van der Waals surface area contributed by atoms with Crippen molar-refractivity contribution in [3.63, 3.8) is 0 Å². The molecule has 0 saturated carbocycles. The van der Waals surface area contributed by atoms with Gasteiger partial charge in [0.15, 0.2) is 0 Å². The van der Waals surface area contributed by atoms with Crippen molar-refractivity contribution in [1.82, 2.24) is 4.98 Å². The van der Waals surface area contributed by atoms with E-state index >= 15 is 0 Å². The molecule has 1 aliphatic heterocycles. The Balaban J connectivity index is 2.02. The average Bonchev–Trinajstić information content (AvgIpc) is 3.12. The monoisotopic (exact) mass is 415 g/mol. The van der Waals surface area contributed by atoms with Gasteiger partial charge in [-0.05, 0) is 12.1 Å². The van der Waals surface area contributed by atoms with E-state index in [0.29, 0.717) is 21.9 Å². The first-order chi connectivity index (χ1) is 11.9. The normalized spacial score (nSPS) is 21.2. The second kappa shape index (κ2) is 6.10. The highest BCUT2D eigenvalue weighted by Gasteiger charge is 2.65. The molecule has 140 valence electrons. The van der Waals surface area contributed by atoms with Crippen LogP contribution >= 0.6 is 22.9 Å². The van der Waals surface area contributed by atoms with Crippen molar-refractivity contribution in [2.45, 2.75) is 24.5 Å². The highest BCUT2D eigenvalue weighted by Crippen LogP contribution is 2.46. The lowest BCUT2D eigenvalue weighted by Crippen LogP contribution is -2.55. The Morgan fingerprint density at radius 2 is 1.73 bits per heavy atom. The molecule has 1 aromatic carbocycles. The van der Waals surface area contributed by atoms with Crippen LogP contribution in [0.5, 0.6) is 0 Å². The van der Waals surface area contributed by atoms with Crippen molar-refractivity contribution in [2.24, 2.45) is 5.10 Å². The third-order valence-electron chi connectivity index (χ3n) is 3.58. The highest BCUT2D eigenvalue weighted by molar-refractivity contribution is 7.14. The third-order valence-corrected chi connectivity index (χ3v) is 4.65. The van der Waals surface area contributed by atoms with Gasteiger partial charge in [0, 0.05) is 16.0 Å². The van der Waals surface area contributed by atoms with Gasteiger partial charge in [-0.25, -0.2) is 4.98 Å². The van der Waals surface area contributed by atoms with E-state index in [2.05, 4.69) is 10.1 Å². The molecule has 0 spiro atoms. The number of aromatic nitrogens is 1. The summed E-state index contributed by atoms with van der Waals surface area (Å²) in [4.78, 5) is 3.88. The van der Waals surface area contributed by atoms with Crippen LogP contribution in [0, 0.1) is 0 Å². The quantitative estimate of drug-likeness (QED) is 0.714. The molecule has 1 N–H and O–H groups in total. The van der Waals surface area contributed by atoms with Crippen LogP contribution in [0.2, 0.25) is 5.02 Å². The summed E-state index contributed by atoms with van der Waals surface area (Å²) >= 11 is 6.37. The number of thiazole rings is 1. The predicted molar refractivity (Wildman–Crippen MR) is 84.2 cm³/mol. The van der Waals surface area contributed by atoms with E-state index in [1.54, 1.807) is 12.1 Å². The van der Waals surface area contributed by atoms with Gasteiger partial charge >= 0.3 is 12.4 Å². The van der Waals surface area contributed by atoms with Crippen LogP contribution < -0.4 is 5.01 Å². The molecule has 0 amide bonds. The summed E-state index contributed by atoms with van der Waals surface area (Å²) in [5, 5.41) is 14.0. The summed E-state index contributed by atoms with van der Waals surface area (Å²) in [6.45, 7) is 0. The van der Waals surface area contributed by atoms with Crippen molar-refractivity contribution >= 4 is 33.8 Å². The first-order valence-corrected chi connectivity index (χ1v) is 8.13. The molecule has 1 aromatic heterocycles. The summed E-state index contributed by atoms with van der Waals surface area (Å²) in [7, 11) is 0. The minimum Gasteiger partial charge on any atom is -0.362 e. The highest BCUT2D eigenvalue weighted by atomic mass is 35.5. The fraction of sp³-hybridized carbons (Fsp3) is 0.286. The Kier molecular flexibility index (Phi) is 4.44. The molecule has 0 fully saturated rings. The van der Waals surface area contributed by atoms with Gasteiger partial charge in [-0.15, -0.1) is 11.3 Å². The Bertz CT molecular complexity index is 848. The molecule has 0 radical (unpaired) electrons. The van der Waals surface area contributed by atoms with E-state index in [-0.39, 0.29) is 10.7 Å². The number of alkyl halides is 6. The number of hydrazone groups is 1. The van der Waals surface area contributed by atoms with Crippen molar-refractivity contribution in [3.8, 4) is 11.3 Å². The first-order valence-electron chi connectivity index (χ1n) is 6.87. The van der Waals surface area contributed by atoms with Crippen LogP contribution in [0.3, 0.4) is 0 Å². The summed E-state index contributed by atoms with van der Waals surface area (Å²) < 4.78 is 78.2. The van der Waals surface area contributed by atoms with Gasteiger partial charge in [-0.3, -0.25) is 0 Å². The summed E-state index contributed by atoms with van der Waals surface area (Å²) in [5.74, 6) is 0. The maximum atomic E-state index is 13.2. The van der Waals surface area contributed by atoms with Gasteiger partial charge in [0.05, 0.1) is 12.1 Å². The van der Waals surface area contributed by atoms with E-state index in [1.165, 1.54) is 17.5 Å². The van der Waals surface area contributed by atoms with Gasteiger partial charge in [0.1, 0.15) is 5.71 Å². The molecule has 3 rings (SSSR count). The van der Waals surface area contributed by atoms with Gasteiger partial charge in [-0.1, -0.05) is 23.7 Å². The molecule has 0 bridgehead atoms. The number of hydrogen-bond donors (Lipinski definition) is 1. The number of anilines is 1. The van der Waals surface area contributed by atoms with Gasteiger partial charge in [0.2, 0.25) is 5.13 Å². The lowest BCUT2D eigenvalue weighted by atomic mass is 10.1. The SMILES string of the molecule is OC1(C(F)(F)F)CC(C(F)(F)F)=NN1c1nc(-c2ccc(Cl)cc2)cs1. The molecule has 4 nitrogen and oxygen atoms in total. The van der Waals surface area contributed by atoms with Crippen LogP contribution in [0.25, 0.3) is 11.3 Å². The Labute approximate surface area is 151 Å². The van der Waals surface area contributed by atoms with E-state index in [4.69, 9.17) is 11.6 Å². The number of hydrogen-bond acceptors (Lipinski definition) is 5. The zero-order valence-electron chi connectivity index (χ0n) is 12.4. The summed E-state index contributed by atoms with van der Waals surface area (Å²) in [5.41, 5.74) is -4.86. The average molecular weight is 416 g/mol. The van der Waals surface area contributed by atoms with Gasteiger partial charge < -0.3 is 5.11 Å². The predicted octanol–water partition coefficient (Wildman–Crippen LogP) is 4.84. The summed E-state index contributed by atoms with van der Waals surface area (Å²) in [6.07, 6.45) is -12.2. The van der Waals surface area contributed by atoms with Crippen molar-refractivity contribution in [1.29, 1.82) is 0 Å². The Morgan fingerprint density at radius 3 is 2.27 bits per heavy atom. The first kappa shape index (κ1) is 18.9. The fourth-order valence-electron chi connectivity index (χ4n) is 2.24. The van der Waals surface area contributed by atoms with Crippen molar-refractivity contribution in [2.75, 3.05) is 5.01 Å². The molecule has 0 saturated heterocycles. The maximum absolute atomic E-state index is 13.2. The second-order valence-electron chi connectivity index (χ2n) is 5.37. The molecule has 2 heterocycles. The lowest BCUT2D eigenvalue weighted by Gasteiger charge is -2.32. The minimum absolute atomic E-state index is 0.125. The molecular weight excluding hydrogens is 408 g/mol. The largest absolute Gasteiger partial charge is 0.438 e. The minimum atomic E-state index is -5.38. The van der Waals surface area contributed by atoms with E-state index in [0.717, 1.165) is 0 Å². The smallest absolute Gasteiger partial charge is 0.362 e. The Hall–Kier alpha value is -1.85. The number of rotatable bonds is 2. The molecule has 1 atom stereocenters. The molecule has 2 aromatic rings. The van der Waals surface area contributed by atoms with E-state index < -0.39 is 35.3 Å². The number of nitrogens with zero attached hydrogens (tertiary/aromatic N) is 3. The maximum Gasteiger partial charge on any atom is 0.438 e. The molecule has 1 unspecified atom stereocenters. The van der Waals surface area contributed by atoms with Crippen LogP contribution in [-0.2, 0) is 0 Å². The fourth-order valence-corrected chi connectivity index (χ4v) is 3.21. The van der Waals surface area contributed by atoms with Crippen molar-refractivity contribution in [3.05, 3.63) is 34.7 Å². The lowest BCUT2D eigenvalue weighted by molar-refractivity contribution is -0.255. The molecule has 1 aliphatic rings. The standard InChI is InChI=1S/C14H8ClF6N3OS/c15-8-3-1-7(2-4-8)9-6-26-11(22-9)24-12(25,14(19,20)21)5-10(23-24)13(16,17)18/h1-4,6,25H,5H2. The third kappa shape index (κ3) is 3.26. The second-order valence-corrected chi connectivity index (χ2v) is 6.64. The van der Waals surface area contributed by atoms with Crippen LogP contribution in [0.15, 0.2) is 34.7 Å². The van der Waals surface area contributed by atoms with Gasteiger partial charge in [-0.2, -0.15) is 36.5 Å². The zero-order valence-corrected chi connectivity index (χ0v) is 14.0. The number of aliphatic hydroxyl groups is 1. The van der Waals surface area contributed by atoms with Crippen LogP contribution in [0.4, 0.5) is 31.5 Å². The molecule has 26 heavy (non-hydrogen) atoms. The van der Waals surface area contributed by atoms with E-state index in [9.17, 15) is 31.4 Å². The number of benzene rings is 1. The zero-order chi connectivity index (χ0) is 19.3. The molecular formula is C14H8ClF6N3OS. The van der Waals surface area contributed by atoms with Crippen LogP contribution in [-0.4, -0.2) is 33.9 Å². The van der Waals surface area contributed by atoms with E-state index in [1.807, 2.05) is 0 Å². The molecule has 12 heteroatoms. The van der Waals surface area contributed by atoms with Crippen molar-refractivity contribution < 1.29 is 31.4 Å². The number of halogens is 7.